The number of aliphatic hydroxyl groups excluding tert-OH is 4. The van der Waals surface area contributed by atoms with Gasteiger partial charge in [0.25, 0.3) is 0 Å². The first-order chi connectivity index (χ1) is 24.0. The normalized spacial score (nSPS) is 34.7. The van der Waals surface area contributed by atoms with Crippen LogP contribution >= 0.6 is 0 Å². The fourth-order valence-corrected chi connectivity index (χ4v) is 7.27. The third-order valence-electron chi connectivity index (χ3n) is 9.87. The van der Waals surface area contributed by atoms with Crippen LogP contribution in [0, 0.1) is 0 Å². The van der Waals surface area contributed by atoms with Crippen LogP contribution in [-0.2, 0) is 35.0 Å². The van der Waals surface area contributed by atoms with Gasteiger partial charge in [0.05, 0.1) is 36.0 Å². The zero-order chi connectivity index (χ0) is 37.3. The van der Waals surface area contributed by atoms with Gasteiger partial charge < -0.3 is 70.3 Å². The van der Waals surface area contributed by atoms with Crippen molar-refractivity contribution in [3.05, 3.63) is 51.6 Å². The average molecular weight is 720 g/mol. The number of ketones is 3. The highest BCUT2D eigenvalue weighted by Gasteiger charge is 2.52. The Kier molecular flexibility index (Phi) is 9.70. The Morgan fingerprint density at radius 2 is 1.67 bits per heavy atom. The first-order valence-electron chi connectivity index (χ1n) is 15.9. The number of ether oxygens (including phenoxy) is 5. The van der Waals surface area contributed by atoms with Gasteiger partial charge in [-0.1, -0.05) is 12.1 Å². The van der Waals surface area contributed by atoms with Gasteiger partial charge in [0.1, 0.15) is 53.9 Å². The van der Waals surface area contributed by atoms with E-state index in [1.165, 1.54) is 32.2 Å². The minimum atomic E-state index is -2.37. The number of phenolic OH excluding ortho intramolecular Hbond substituents is 2. The molecule has 6 rings (SSSR count). The summed E-state index contributed by atoms with van der Waals surface area (Å²) in [5, 5.41) is 84.2. The average Bonchev–Trinajstić information content (AvgIpc) is 3.08. The summed E-state index contributed by atoms with van der Waals surface area (Å²) in [6.07, 6.45) is -15.8. The van der Waals surface area contributed by atoms with E-state index in [2.05, 4.69) is 0 Å². The van der Waals surface area contributed by atoms with Crippen molar-refractivity contribution in [1.82, 2.24) is 0 Å². The summed E-state index contributed by atoms with van der Waals surface area (Å²) in [7, 11) is 1.28. The molecule has 2 aliphatic heterocycles. The van der Waals surface area contributed by atoms with E-state index in [0.29, 0.717) is 0 Å². The predicted octanol–water partition coefficient (Wildman–Crippen LogP) is -2.08. The quantitative estimate of drug-likeness (QED) is 0.113. The van der Waals surface area contributed by atoms with E-state index in [1.54, 1.807) is 0 Å². The molecule has 10 N–H and O–H groups in total. The van der Waals surface area contributed by atoms with Crippen LogP contribution in [0.1, 0.15) is 68.8 Å². The molecule has 2 saturated heterocycles. The third kappa shape index (κ3) is 5.96. The van der Waals surface area contributed by atoms with Crippen LogP contribution in [0.4, 0.5) is 0 Å². The van der Waals surface area contributed by atoms with E-state index in [4.69, 9.17) is 29.4 Å². The van der Waals surface area contributed by atoms with Crippen LogP contribution in [0.15, 0.2) is 18.2 Å². The zero-order valence-corrected chi connectivity index (χ0v) is 27.2. The highest BCUT2D eigenvalue weighted by atomic mass is 16.7. The van der Waals surface area contributed by atoms with Crippen LogP contribution in [0.2, 0.25) is 0 Å². The summed E-state index contributed by atoms with van der Waals surface area (Å²) in [6.45, 7) is 0.371. The summed E-state index contributed by atoms with van der Waals surface area (Å²) in [5.41, 5.74) is 2.12. The Morgan fingerprint density at radius 1 is 0.980 bits per heavy atom. The minimum absolute atomic E-state index is 0.0366. The Bertz CT molecular complexity index is 1770. The molecule has 0 radical (unpaired) electrons. The van der Waals surface area contributed by atoms with Crippen molar-refractivity contribution in [1.29, 1.82) is 0 Å². The van der Waals surface area contributed by atoms with Gasteiger partial charge in [-0.2, -0.15) is 0 Å². The number of aromatic hydroxyl groups is 2. The first kappa shape index (κ1) is 36.7. The van der Waals surface area contributed by atoms with Gasteiger partial charge in [0, 0.05) is 42.0 Å². The van der Waals surface area contributed by atoms with Gasteiger partial charge in [-0.05, 0) is 13.0 Å². The Morgan fingerprint density at radius 3 is 2.29 bits per heavy atom. The molecule has 11 atom stereocenters. The van der Waals surface area contributed by atoms with E-state index >= 15 is 0 Å². The second kappa shape index (κ2) is 13.5. The van der Waals surface area contributed by atoms with Gasteiger partial charge in [-0.3, -0.25) is 14.4 Å². The number of nitrogens with two attached hydrogens (primary N) is 1. The van der Waals surface area contributed by atoms with Crippen LogP contribution in [0.5, 0.6) is 17.2 Å². The standard InChI is InChI=1S/C33H37NO17/c1-10-29(50-32-28(43)26(41)27(42)30(51-32)31(44)45)13(34)6-17(48-10)49-15-8-33(46,16(36)9-35)7-12-19(15)25(40)21-20(23(12)38)22(37)11-4-3-5-14(47-2)18(11)24(21)39/h3-5,10,13,15,17,26-30,32,35,38,40-43,46H,6-9,34H2,1-2H3,(H,44,45)/t10?,13?,15-,17?,26?,27?,28?,29?,30?,32?,33-/m0/s1. The van der Waals surface area contributed by atoms with Gasteiger partial charge in [-0.25, -0.2) is 4.79 Å². The topological polar surface area (TPSA) is 302 Å². The number of fused-ring (bicyclic) bond motifs is 3. The van der Waals surface area contributed by atoms with Crippen molar-refractivity contribution in [3.63, 3.8) is 0 Å². The smallest absolute Gasteiger partial charge is 0.335 e. The summed E-state index contributed by atoms with van der Waals surface area (Å²) >= 11 is 0. The molecule has 276 valence electrons. The molecular weight excluding hydrogens is 682 g/mol. The van der Waals surface area contributed by atoms with Gasteiger partial charge in [0.15, 0.2) is 30.3 Å². The second-order valence-electron chi connectivity index (χ2n) is 13.0. The van der Waals surface area contributed by atoms with Crippen molar-refractivity contribution in [3.8, 4) is 17.2 Å². The van der Waals surface area contributed by atoms with Crippen molar-refractivity contribution in [2.45, 2.75) is 93.1 Å². The zero-order valence-electron chi connectivity index (χ0n) is 27.2. The van der Waals surface area contributed by atoms with E-state index < -0.39 is 132 Å². The van der Waals surface area contributed by atoms with E-state index in [1.807, 2.05) is 0 Å². The fraction of sp³-hybridized carbons (Fsp3) is 0.515. The van der Waals surface area contributed by atoms with Crippen molar-refractivity contribution < 1.29 is 83.7 Å². The Balaban J connectivity index is 1.32. The number of aliphatic hydroxyl groups is 5. The Hall–Kier alpha value is -4.08. The van der Waals surface area contributed by atoms with Crippen molar-refractivity contribution in [2.75, 3.05) is 13.7 Å². The van der Waals surface area contributed by atoms with Gasteiger partial charge in [0.2, 0.25) is 5.78 Å². The molecule has 2 aliphatic carbocycles. The number of benzene rings is 2. The number of hydrogen-bond acceptors (Lipinski definition) is 17. The lowest BCUT2D eigenvalue weighted by molar-refractivity contribution is -0.328. The molecule has 18 nitrogen and oxygen atoms in total. The summed E-state index contributed by atoms with van der Waals surface area (Å²) < 4.78 is 28.3. The van der Waals surface area contributed by atoms with Crippen molar-refractivity contribution in [2.24, 2.45) is 5.73 Å². The maximum absolute atomic E-state index is 13.8. The maximum atomic E-state index is 13.8. The molecule has 2 aromatic rings. The van der Waals surface area contributed by atoms with Gasteiger partial charge in [-0.15, -0.1) is 0 Å². The number of carboxylic acids is 1. The number of carboxylic acid groups (broad SMARTS) is 1. The van der Waals surface area contributed by atoms with E-state index in [9.17, 15) is 60.0 Å². The number of phenols is 2. The summed E-state index contributed by atoms with van der Waals surface area (Å²) in [6, 6.07) is 3.24. The third-order valence-corrected chi connectivity index (χ3v) is 9.87. The van der Waals surface area contributed by atoms with Crippen LogP contribution in [-0.4, -0.2) is 139 Å². The predicted molar refractivity (Wildman–Crippen MR) is 165 cm³/mol. The number of carbonyl (C=O) groups is 4. The van der Waals surface area contributed by atoms with E-state index in [-0.39, 0.29) is 34.4 Å². The molecule has 18 heteroatoms. The number of hydrogen-bond donors (Lipinski definition) is 9. The van der Waals surface area contributed by atoms with Crippen molar-refractivity contribution >= 4 is 23.3 Å². The maximum Gasteiger partial charge on any atom is 0.335 e. The number of carbonyl (C=O) groups excluding carboxylic acids is 3. The molecule has 0 spiro atoms. The lowest BCUT2D eigenvalue weighted by atomic mass is 9.72. The molecule has 0 amide bonds. The SMILES string of the molecule is COc1cccc2c1C(=O)c1c(O)c3c(c(O)c1C2=O)C[C@@](O)(C(=O)CO)C[C@@H]3OC1CC(N)C(OC2OC(C(=O)O)C(O)C(O)C2O)C(C)O1. The molecule has 2 aromatic carbocycles. The summed E-state index contributed by atoms with van der Waals surface area (Å²) in [4.78, 5) is 51.9. The second-order valence-corrected chi connectivity index (χ2v) is 13.0. The molecule has 0 aromatic heterocycles. The molecular formula is C33H37NO17. The Labute approximate surface area is 288 Å². The highest BCUT2D eigenvalue weighted by Crippen LogP contribution is 2.52. The molecule has 9 unspecified atom stereocenters. The molecule has 0 saturated carbocycles. The molecule has 2 heterocycles. The number of rotatable bonds is 8. The highest BCUT2D eigenvalue weighted by molar-refractivity contribution is 6.31. The number of aliphatic carboxylic acids is 1. The monoisotopic (exact) mass is 719 g/mol. The van der Waals surface area contributed by atoms with Crippen LogP contribution in [0.25, 0.3) is 0 Å². The minimum Gasteiger partial charge on any atom is -0.507 e. The lowest BCUT2D eigenvalue weighted by Gasteiger charge is -2.45. The molecule has 0 bridgehead atoms. The van der Waals surface area contributed by atoms with Crippen LogP contribution < -0.4 is 10.5 Å². The van der Waals surface area contributed by atoms with Gasteiger partial charge >= 0.3 is 5.97 Å². The van der Waals surface area contributed by atoms with E-state index in [0.717, 1.165) is 0 Å². The molecule has 4 aliphatic rings. The number of methoxy groups -OCH3 is 1. The largest absolute Gasteiger partial charge is 0.507 e. The summed E-state index contributed by atoms with van der Waals surface area (Å²) in [5.74, 6) is -5.87. The molecule has 2 fully saturated rings. The fourth-order valence-electron chi connectivity index (χ4n) is 7.27. The number of Topliss-reactive ketones (excluding diaryl/α,β-unsaturated/α-hetero) is 1. The van der Waals surface area contributed by atoms with Crippen LogP contribution in [0.3, 0.4) is 0 Å². The first-order valence-corrected chi connectivity index (χ1v) is 15.9. The lowest BCUT2D eigenvalue weighted by Crippen LogP contribution is -2.63. The molecule has 51 heavy (non-hydrogen) atoms.